The van der Waals surface area contributed by atoms with E-state index in [2.05, 4.69) is 26.1 Å². The number of halogens is 1. The van der Waals surface area contributed by atoms with Crippen LogP contribution in [0.15, 0.2) is 32.9 Å². The largest absolute Gasteiger partial charge is 0.488 e. The van der Waals surface area contributed by atoms with Crippen LogP contribution in [-0.2, 0) is 9.47 Å². The summed E-state index contributed by atoms with van der Waals surface area (Å²) < 4.78 is 17.2. The Hall–Kier alpha value is -1.64. The summed E-state index contributed by atoms with van der Waals surface area (Å²) in [7, 11) is 0. The number of rotatable bonds is 5. The van der Waals surface area contributed by atoms with Crippen molar-refractivity contribution in [3.8, 4) is 5.75 Å². The van der Waals surface area contributed by atoms with Gasteiger partial charge in [0.2, 0.25) is 5.96 Å². The van der Waals surface area contributed by atoms with E-state index in [-0.39, 0.29) is 12.2 Å². The average Bonchev–Trinajstić information content (AvgIpc) is 2.90. The van der Waals surface area contributed by atoms with Gasteiger partial charge < -0.3 is 25.7 Å². The van der Waals surface area contributed by atoms with Crippen molar-refractivity contribution in [1.29, 1.82) is 0 Å². The lowest BCUT2D eigenvalue weighted by Crippen LogP contribution is -2.21. The van der Waals surface area contributed by atoms with E-state index in [1.54, 1.807) is 0 Å². The first-order valence-corrected chi connectivity index (χ1v) is 6.72. The van der Waals surface area contributed by atoms with Crippen molar-refractivity contribution in [2.24, 2.45) is 21.7 Å². The Kier molecular flexibility index (Phi) is 5.33. The lowest BCUT2D eigenvalue weighted by atomic mass is 10.2. The van der Waals surface area contributed by atoms with Crippen molar-refractivity contribution >= 4 is 28.1 Å². The Morgan fingerprint density at radius 2 is 2.15 bits per heavy atom. The monoisotopic (exact) mass is 342 g/mol. The van der Waals surface area contributed by atoms with Crippen LogP contribution in [0.3, 0.4) is 0 Å². The first-order valence-electron chi connectivity index (χ1n) is 5.92. The molecule has 7 nitrogen and oxygen atoms in total. The summed E-state index contributed by atoms with van der Waals surface area (Å²) >= 11 is 3.38. The topological polar surface area (TPSA) is 104 Å². The lowest BCUT2D eigenvalue weighted by Gasteiger charge is -2.12. The van der Waals surface area contributed by atoms with Gasteiger partial charge in [-0.2, -0.15) is 5.10 Å². The molecule has 0 radical (unpaired) electrons. The minimum absolute atomic E-state index is 0.105. The van der Waals surface area contributed by atoms with Crippen LogP contribution in [0.5, 0.6) is 5.75 Å². The van der Waals surface area contributed by atoms with E-state index in [1.165, 1.54) is 6.21 Å². The number of benzene rings is 1. The molecule has 1 aromatic carbocycles. The van der Waals surface area contributed by atoms with Crippen LogP contribution in [-0.4, -0.2) is 38.3 Å². The molecule has 0 atom stereocenters. The van der Waals surface area contributed by atoms with Crippen LogP contribution in [0, 0.1) is 0 Å². The molecule has 0 unspecified atom stereocenters. The van der Waals surface area contributed by atoms with E-state index in [4.69, 9.17) is 25.7 Å². The van der Waals surface area contributed by atoms with Crippen LogP contribution < -0.4 is 16.2 Å². The second kappa shape index (κ2) is 7.22. The second-order valence-corrected chi connectivity index (χ2v) is 4.85. The first-order chi connectivity index (χ1) is 9.65. The number of hydrogen-bond acceptors (Lipinski definition) is 5. The zero-order valence-electron chi connectivity index (χ0n) is 10.7. The lowest BCUT2D eigenvalue weighted by molar-refractivity contribution is -0.0684. The molecule has 4 N–H and O–H groups in total. The fourth-order valence-electron chi connectivity index (χ4n) is 1.57. The van der Waals surface area contributed by atoms with Crippen LogP contribution in [0.4, 0.5) is 0 Å². The number of nitrogens with two attached hydrogens (primary N) is 2. The van der Waals surface area contributed by atoms with Gasteiger partial charge in [-0.15, -0.1) is 5.10 Å². The highest BCUT2D eigenvalue weighted by Crippen LogP contribution is 2.22. The average molecular weight is 343 g/mol. The third-order valence-electron chi connectivity index (χ3n) is 2.41. The number of nitrogens with zero attached hydrogens (tertiary/aromatic N) is 2. The van der Waals surface area contributed by atoms with Crippen molar-refractivity contribution in [1.82, 2.24) is 0 Å². The molecule has 0 aliphatic carbocycles. The molecule has 1 aliphatic rings. The summed E-state index contributed by atoms with van der Waals surface area (Å²) in [6, 6.07) is 5.52. The molecule has 0 amide bonds. The van der Waals surface area contributed by atoms with Gasteiger partial charge in [0.25, 0.3) is 0 Å². The summed E-state index contributed by atoms with van der Waals surface area (Å²) in [5, 5.41) is 7.32. The maximum absolute atomic E-state index is 5.66. The van der Waals surface area contributed by atoms with Gasteiger partial charge in [0.1, 0.15) is 12.4 Å². The SMILES string of the molecule is NC(N)=NN=Cc1cc(Br)ccc1OCC1OCCO1. The van der Waals surface area contributed by atoms with E-state index in [9.17, 15) is 0 Å². The maximum atomic E-state index is 5.66. The molecule has 1 aromatic rings. The van der Waals surface area contributed by atoms with Crippen molar-refractivity contribution in [2.75, 3.05) is 19.8 Å². The minimum Gasteiger partial charge on any atom is -0.488 e. The number of hydrogen-bond donors (Lipinski definition) is 2. The van der Waals surface area contributed by atoms with Gasteiger partial charge in [-0.25, -0.2) is 0 Å². The standard InChI is InChI=1S/C12H15BrN4O3/c13-9-1-2-10(20-7-11-18-3-4-19-11)8(5-9)6-16-17-12(14)15/h1-2,5-6,11H,3-4,7H2,(H4,14,15,17). The van der Waals surface area contributed by atoms with Gasteiger partial charge >= 0.3 is 0 Å². The molecular weight excluding hydrogens is 328 g/mol. The molecule has 20 heavy (non-hydrogen) atoms. The number of ether oxygens (including phenoxy) is 3. The zero-order valence-corrected chi connectivity index (χ0v) is 12.2. The fourth-order valence-corrected chi connectivity index (χ4v) is 1.95. The van der Waals surface area contributed by atoms with Gasteiger partial charge in [0.05, 0.1) is 19.4 Å². The molecule has 2 rings (SSSR count). The summed E-state index contributed by atoms with van der Waals surface area (Å²) in [6.07, 6.45) is 1.18. The second-order valence-electron chi connectivity index (χ2n) is 3.93. The van der Waals surface area contributed by atoms with Gasteiger partial charge in [-0.3, -0.25) is 0 Å². The van der Waals surface area contributed by atoms with Crippen molar-refractivity contribution in [2.45, 2.75) is 6.29 Å². The van der Waals surface area contributed by atoms with E-state index in [1.807, 2.05) is 18.2 Å². The summed E-state index contributed by atoms with van der Waals surface area (Å²) in [5.74, 6) is 0.535. The Bertz CT molecular complexity index is 511. The smallest absolute Gasteiger partial charge is 0.211 e. The Morgan fingerprint density at radius 3 is 2.85 bits per heavy atom. The summed E-state index contributed by atoms with van der Waals surface area (Å²) in [4.78, 5) is 0. The van der Waals surface area contributed by atoms with Crippen molar-refractivity contribution in [3.05, 3.63) is 28.2 Å². The van der Waals surface area contributed by atoms with Crippen LogP contribution in [0.25, 0.3) is 0 Å². The summed E-state index contributed by atoms with van der Waals surface area (Å²) in [5.41, 5.74) is 11.2. The van der Waals surface area contributed by atoms with E-state index < -0.39 is 0 Å². The first kappa shape index (κ1) is 14.8. The molecule has 1 heterocycles. The van der Waals surface area contributed by atoms with E-state index >= 15 is 0 Å². The zero-order chi connectivity index (χ0) is 14.4. The molecule has 1 aliphatic heterocycles. The highest BCUT2D eigenvalue weighted by Gasteiger charge is 2.17. The number of guanidine groups is 1. The van der Waals surface area contributed by atoms with Crippen molar-refractivity contribution < 1.29 is 14.2 Å². The molecule has 0 saturated carbocycles. The molecule has 0 aromatic heterocycles. The molecule has 108 valence electrons. The van der Waals surface area contributed by atoms with Gasteiger partial charge in [-0.05, 0) is 18.2 Å². The highest BCUT2D eigenvalue weighted by atomic mass is 79.9. The fraction of sp³-hybridized carbons (Fsp3) is 0.333. The normalized spacial score (nSPS) is 15.7. The Morgan fingerprint density at radius 1 is 1.40 bits per heavy atom. The van der Waals surface area contributed by atoms with Crippen LogP contribution in [0.1, 0.15) is 5.56 Å². The molecular formula is C12H15BrN4O3. The molecule has 8 heteroatoms. The van der Waals surface area contributed by atoms with E-state index in [0.717, 1.165) is 10.0 Å². The maximum Gasteiger partial charge on any atom is 0.211 e. The Labute approximate surface area is 124 Å². The van der Waals surface area contributed by atoms with Gasteiger partial charge in [0.15, 0.2) is 6.29 Å². The Balaban J connectivity index is 2.06. The van der Waals surface area contributed by atoms with Gasteiger partial charge in [-0.1, -0.05) is 15.9 Å². The van der Waals surface area contributed by atoms with Crippen LogP contribution >= 0.6 is 15.9 Å². The third-order valence-corrected chi connectivity index (χ3v) is 2.90. The third kappa shape index (κ3) is 4.48. The predicted molar refractivity (Wildman–Crippen MR) is 78.7 cm³/mol. The van der Waals surface area contributed by atoms with Crippen molar-refractivity contribution in [3.63, 3.8) is 0 Å². The predicted octanol–water partition coefficient (Wildman–Crippen LogP) is 0.808. The molecule has 1 fully saturated rings. The molecule has 1 saturated heterocycles. The van der Waals surface area contributed by atoms with Crippen LogP contribution in [0.2, 0.25) is 0 Å². The summed E-state index contributed by atoms with van der Waals surface area (Å²) in [6.45, 7) is 1.49. The molecule has 0 spiro atoms. The molecule has 0 bridgehead atoms. The quantitative estimate of drug-likeness (QED) is 0.468. The van der Waals surface area contributed by atoms with E-state index in [0.29, 0.717) is 25.6 Å². The minimum atomic E-state index is -0.332. The van der Waals surface area contributed by atoms with Gasteiger partial charge in [0, 0.05) is 10.0 Å². The highest BCUT2D eigenvalue weighted by molar-refractivity contribution is 9.10.